The van der Waals surface area contributed by atoms with Gasteiger partial charge in [0, 0.05) is 12.2 Å². The van der Waals surface area contributed by atoms with Gasteiger partial charge < -0.3 is 10.2 Å². The van der Waals surface area contributed by atoms with Crippen LogP contribution in [0.4, 0.5) is 23.1 Å². The van der Waals surface area contributed by atoms with Gasteiger partial charge >= 0.3 is 0 Å². The van der Waals surface area contributed by atoms with Gasteiger partial charge in [-0.05, 0) is 43.7 Å². The highest BCUT2D eigenvalue weighted by atomic mass is 35.5. The summed E-state index contributed by atoms with van der Waals surface area (Å²) in [5.74, 6) is 1.05. The van der Waals surface area contributed by atoms with Gasteiger partial charge in [0.05, 0.1) is 21.9 Å². The van der Waals surface area contributed by atoms with Gasteiger partial charge in [0.15, 0.2) is 5.82 Å². The second-order valence-electron chi connectivity index (χ2n) is 5.45. The molecule has 1 N–H and O–H groups in total. The van der Waals surface area contributed by atoms with E-state index in [0.29, 0.717) is 27.5 Å². The number of hydrogen-bond acceptors (Lipinski definition) is 5. The van der Waals surface area contributed by atoms with Crippen molar-refractivity contribution in [1.29, 1.82) is 0 Å². The molecule has 0 fully saturated rings. The summed E-state index contributed by atoms with van der Waals surface area (Å²) in [6, 6.07) is 13.6. The summed E-state index contributed by atoms with van der Waals surface area (Å²) in [5, 5.41) is 12.0. The Morgan fingerprint density at radius 1 is 1.12 bits per heavy atom. The lowest BCUT2D eigenvalue weighted by Crippen LogP contribution is -2.18. The van der Waals surface area contributed by atoms with Crippen molar-refractivity contribution in [3.63, 3.8) is 0 Å². The number of hydrogen-bond donors (Lipinski definition) is 1. The quantitative estimate of drug-likeness (QED) is 0.649. The lowest BCUT2D eigenvalue weighted by Gasteiger charge is -2.22. The van der Waals surface area contributed by atoms with E-state index in [0.717, 1.165) is 12.2 Å². The fraction of sp³-hybridized carbons (Fsp3) is 0.167. The van der Waals surface area contributed by atoms with E-state index in [4.69, 9.17) is 23.2 Å². The van der Waals surface area contributed by atoms with E-state index >= 15 is 0 Å². The summed E-state index contributed by atoms with van der Waals surface area (Å²) >= 11 is 12.2. The third-order valence-electron chi connectivity index (χ3n) is 3.65. The van der Waals surface area contributed by atoms with Crippen LogP contribution in [-0.2, 0) is 0 Å². The Kier molecular flexibility index (Phi) is 5.36. The smallest absolute Gasteiger partial charge is 0.249 e. The fourth-order valence-electron chi connectivity index (χ4n) is 2.47. The van der Waals surface area contributed by atoms with Crippen LogP contribution in [0.3, 0.4) is 0 Å². The molecule has 0 radical (unpaired) electrons. The molecule has 0 unspecified atom stereocenters. The maximum Gasteiger partial charge on any atom is 0.249 e. The molecule has 7 heteroatoms. The summed E-state index contributed by atoms with van der Waals surface area (Å²) in [5.41, 5.74) is 2.86. The topological polar surface area (TPSA) is 53.9 Å². The molecule has 1 aromatic heterocycles. The summed E-state index contributed by atoms with van der Waals surface area (Å²) in [6.45, 7) is 4.87. The van der Waals surface area contributed by atoms with Crippen LogP contribution in [-0.4, -0.2) is 21.7 Å². The number of halogens is 2. The minimum Gasteiger partial charge on any atom is -0.325 e. The number of nitrogens with one attached hydrogen (secondary N) is 1. The molecule has 0 aliphatic carbocycles. The predicted octanol–water partition coefficient (Wildman–Crippen LogP) is 5.39. The van der Waals surface area contributed by atoms with Gasteiger partial charge in [0.25, 0.3) is 0 Å². The zero-order valence-corrected chi connectivity index (χ0v) is 15.4. The number of benzene rings is 2. The van der Waals surface area contributed by atoms with E-state index in [2.05, 4.69) is 51.4 Å². The van der Waals surface area contributed by atoms with E-state index in [1.807, 2.05) is 18.2 Å². The Morgan fingerprint density at radius 2 is 1.92 bits per heavy atom. The van der Waals surface area contributed by atoms with E-state index in [1.54, 1.807) is 18.3 Å². The molecule has 5 nitrogen and oxygen atoms in total. The minimum absolute atomic E-state index is 0.354. The van der Waals surface area contributed by atoms with Crippen LogP contribution < -0.4 is 10.2 Å². The molecule has 0 amide bonds. The first kappa shape index (κ1) is 17.5. The number of aromatic nitrogens is 3. The van der Waals surface area contributed by atoms with Crippen molar-refractivity contribution < 1.29 is 0 Å². The average molecular weight is 374 g/mol. The summed E-state index contributed by atoms with van der Waals surface area (Å²) in [6.07, 6.45) is 1.64. The minimum atomic E-state index is 0.354. The molecule has 1 heterocycles. The molecule has 0 aliphatic rings. The monoisotopic (exact) mass is 373 g/mol. The van der Waals surface area contributed by atoms with Gasteiger partial charge in [-0.3, -0.25) is 0 Å². The maximum absolute atomic E-state index is 6.21. The fourth-order valence-corrected chi connectivity index (χ4v) is 2.82. The molecule has 0 spiro atoms. The second-order valence-corrected chi connectivity index (χ2v) is 6.23. The van der Waals surface area contributed by atoms with Crippen molar-refractivity contribution in [3.05, 3.63) is 64.3 Å². The zero-order chi connectivity index (χ0) is 17.8. The van der Waals surface area contributed by atoms with Gasteiger partial charge in [-0.25, -0.2) is 0 Å². The standard InChI is InChI=1S/C18H17Cl2N5/c1-3-25(13-7-4-6-12(2)10-13)16-11-21-24-18(23-16)22-15-9-5-8-14(19)17(15)20/h4-11H,3H2,1-2H3,(H,22,23,24). The number of rotatable bonds is 5. The largest absolute Gasteiger partial charge is 0.325 e. The lowest BCUT2D eigenvalue weighted by molar-refractivity contribution is 0.921. The van der Waals surface area contributed by atoms with Gasteiger partial charge in [-0.1, -0.05) is 41.4 Å². The molecule has 3 rings (SSSR count). The molecular formula is C18H17Cl2N5. The first-order valence-corrected chi connectivity index (χ1v) is 8.59. The van der Waals surface area contributed by atoms with Crippen molar-refractivity contribution in [2.75, 3.05) is 16.8 Å². The first-order chi connectivity index (χ1) is 12.1. The maximum atomic E-state index is 6.21. The second kappa shape index (κ2) is 7.68. The third kappa shape index (κ3) is 4.00. The summed E-state index contributed by atoms with van der Waals surface area (Å²) < 4.78 is 0. The van der Waals surface area contributed by atoms with Crippen molar-refractivity contribution in [3.8, 4) is 0 Å². The molecule has 0 saturated heterocycles. The van der Waals surface area contributed by atoms with Crippen LogP contribution >= 0.6 is 23.2 Å². The third-order valence-corrected chi connectivity index (χ3v) is 4.47. The van der Waals surface area contributed by atoms with Crippen molar-refractivity contribution >= 4 is 46.3 Å². The van der Waals surface area contributed by atoms with Gasteiger partial charge in [-0.15, -0.1) is 5.10 Å². The van der Waals surface area contributed by atoms with Crippen LogP contribution in [0, 0.1) is 6.92 Å². The highest BCUT2D eigenvalue weighted by molar-refractivity contribution is 6.43. The predicted molar refractivity (Wildman–Crippen MR) is 103 cm³/mol. The van der Waals surface area contributed by atoms with Crippen molar-refractivity contribution in [1.82, 2.24) is 15.2 Å². The summed E-state index contributed by atoms with van der Waals surface area (Å²) in [4.78, 5) is 6.62. The molecule has 0 atom stereocenters. The molecular weight excluding hydrogens is 357 g/mol. The zero-order valence-electron chi connectivity index (χ0n) is 13.9. The number of aryl methyl sites for hydroxylation is 1. The molecule has 0 aliphatic heterocycles. The lowest BCUT2D eigenvalue weighted by atomic mass is 10.2. The molecule has 0 bridgehead atoms. The molecule has 0 saturated carbocycles. The highest BCUT2D eigenvalue weighted by Gasteiger charge is 2.12. The Labute approximate surface area is 156 Å². The Balaban J connectivity index is 1.91. The van der Waals surface area contributed by atoms with Crippen LogP contribution in [0.25, 0.3) is 0 Å². The van der Waals surface area contributed by atoms with Gasteiger partial charge in [0.2, 0.25) is 5.95 Å². The molecule has 3 aromatic rings. The molecule has 2 aromatic carbocycles. The van der Waals surface area contributed by atoms with Gasteiger partial charge in [0.1, 0.15) is 0 Å². The summed E-state index contributed by atoms with van der Waals surface area (Å²) in [7, 11) is 0. The highest BCUT2D eigenvalue weighted by Crippen LogP contribution is 2.31. The van der Waals surface area contributed by atoms with Gasteiger partial charge in [-0.2, -0.15) is 10.1 Å². The van der Waals surface area contributed by atoms with Crippen molar-refractivity contribution in [2.24, 2.45) is 0 Å². The SMILES string of the molecule is CCN(c1cccc(C)c1)c1cnnc(Nc2cccc(Cl)c2Cl)n1. The van der Waals surface area contributed by atoms with Crippen LogP contribution in [0.1, 0.15) is 12.5 Å². The Bertz CT molecular complexity index is 885. The van der Waals surface area contributed by atoms with E-state index < -0.39 is 0 Å². The van der Waals surface area contributed by atoms with Crippen LogP contribution in [0.5, 0.6) is 0 Å². The molecule has 25 heavy (non-hydrogen) atoms. The van der Waals surface area contributed by atoms with E-state index in [1.165, 1.54) is 5.56 Å². The number of anilines is 4. The Hall–Kier alpha value is -2.37. The van der Waals surface area contributed by atoms with Crippen LogP contribution in [0.2, 0.25) is 10.0 Å². The van der Waals surface area contributed by atoms with Crippen LogP contribution in [0.15, 0.2) is 48.7 Å². The van der Waals surface area contributed by atoms with E-state index in [9.17, 15) is 0 Å². The molecule has 128 valence electrons. The Morgan fingerprint density at radius 3 is 2.68 bits per heavy atom. The normalized spacial score (nSPS) is 10.6. The number of nitrogens with zero attached hydrogens (tertiary/aromatic N) is 4. The first-order valence-electron chi connectivity index (χ1n) is 7.83. The van der Waals surface area contributed by atoms with E-state index in [-0.39, 0.29) is 0 Å². The average Bonchev–Trinajstić information content (AvgIpc) is 2.60. The van der Waals surface area contributed by atoms with Crippen molar-refractivity contribution in [2.45, 2.75) is 13.8 Å².